The molecular weight excluding hydrogens is 119 g/mol. The zero-order valence-electron chi connectivity index (χ0n) is 5.39. The zero-order chi connectivity index (χ0) is 5.82. The molecule has 0 aromatic heterocycles. The Morgan fingerprint density at radius 2 is 1.67 bits per heavy atom. The molecule has 0 N–H and O–H groups in total. The van der Waals surface area contributed by atoms with Crippen molar-refractivity contribution in [2.45, 2.75) is 0 Å². The topological polar surface area (TPSA) is 0 Å². The van der Waals surface area contributed by atoms with Crippen LogP contribution in [0, 0.1) is 12.3 Å². The summed E-state index contributed by atoms with van der Waals surface area (Å²) in [6.45, 7) is 0. The summed E-state index contributed by atoms with van der Waals surface area (Å²) in [6, 6.07) is 9.37. The predicted molar refractivity (Wildman–Crippen MR) is 32.7 cm³/mol. The summed E-state index contributed by atoms with van der Waals surface area (Å²) in [5, 5.41) is 0. The Balaban J connectivity index is 0.000000640. The van der Waals surface area contributed by atoms with Crippen LogP contribution in [0.15, 0.2) is 30.3 Å². The van der Waals surface area contributed by atoms with E-state index >= 15 is 0 Å². The van der Waals surface area contributed by atoms with Gasteiger partial charge in [0, 0.05) is 0 Å². The van der Waals surface area contributed by atoms with Gasteiger partial charge < -0.3 is 6.42 Å². The van der Waals surface area contributed by atoms with Crippen molar-refractivity contribution in [3.8, 4) is 5.92 Å². The van der Waals surface area contributed by atoms with Crippen molar-refractivity contribution in [1.29, 1.82) is 0 Å². The Kier molecular flexibility index (Phi) is 4.53. The molecule has 38 valence electrons. The van der Waals surface area contributed by atoms with Crippen molar-refractivity contribution in [3.05, 3.63) is 42.3 Å². The van der Waals surface area contributed by atoms with Crippen LogP contribution >= 0.6 is 0 Å². The normalized spacial score (nSPS) is 7.00. The average Bonchev–Trinajstić information content (AvgIpc) is 1.90. The molecule has 0 nitrogen and oxygen atoms in total. The minimum absolute atomic E-state index is 0. The second-order valence-electron chi connectivity index (χ2n) is 1.49. The molecule has 0 fully saturated rings. The van der Waals surface area contributed by atoms with Crippen LogP contribution in [0.3, 0.4) is 0 Å². The Bertz CT molecular complexity index is 196. The third kappa shape index (κ3) is 2.72. The van der Waals surface area contributed by atoms with Gasteiger partial charge in [-0.05, 0) is 0 Å². The van der Waals surface area contributed by atoms with Crippen LogP contribution in [-0.4, -0.2) is 0 Å². The monoisotopic (exact) mass is 124 g/mol. The standard InChI is InChI=1S/C8H5.Na/c1-2-8-6-4-3-5-7-8;/h3-7H;/q-1;+1. The quantitative estimate of drug-likeness (QED) is 0.227. The maximum absolute atomic E-state index is 6.69. The van der Waals surface area contributed by atoms with E-state index in [9.17, 15) is 0 Å². The van der Waals surface area contributed by atoms with Gasteiger partial charge in [-0.2, -0.15) is 0 Å². The zero-order valence-corrected chi connectivity index (χ0v) is 7.39. The van der Waals surface area contributed by atoms with E-state index in [1.165, 1.54) is 0 Å². The molecule has 0 saturated carbocycles. The van der Waals surface area contributed by atoms with E-state index < -0.39 is 0 Å². The van der Waals surface area contributed by atoms with Crippen molar-refractivity contribution in [1.82, 2.24) is 0 Å². The van der Waals surface area contributed by atoms with Gasteiger partial charge in [0.1, 0.15) is 0 Å². The molecule has 0 aliphatic heterocycles. The molecule has 1 rings (SSSR count). The van der Waals surface area contributed by atoms with Crippen molar-refractivity contribution in [3.63, 3.8) is 0 Å². The Hall–Kier alpha value is -0.220. The molecule has 1 heteroatoms. The third-order valence-electron chi connectivity index (χ3n) is 0.918. The van der Waals surface area contributed by atoms with Gasteiger partial charge in [-0.15, -0.1) is 17.7 Å². The van der Waals surface area contributed by atoms with Crippen LogP contribution in [0.2, 0.25) is 0 Å². The summed E-state index contributed by atoms with van der Waals surface area (Å²) < 4.78 is 0. The van der Waals surface area contributed by atoms with Crippen molar-refractivity contribution >= 4 is 0 Å². The van der Waals surface area contributed by atoms with Crippen molar-refractivity contribution in [2.75, 3.05) is 0 Å². The van der Waals surface area contributed by atoms with Crippen LogP contribution in [0.1, 0.15) is 5.56 Å². The first kappa shape index (κ1) is 8.78. The van der Waals surface area contributed by atoms with Gasteiger partial charge in [-0.25, -0.2) is 0 Å². The largest absolute Gasteiger partial charge is 1.00 e. The molecule has 0 aliphatic carbocycles. The maximum atomic E-state index is 6.69. The molecule has 0 radical (unpaired) electrons. The van der Waals surface area contributed by atoms with E-state index in [1.807, 2.05) is 30.3 Å². The summed E-state index contributed by atoms with van der Waals surface area (Å²) in [7, 11) is 0. The van der Waals surface area contributed by atoms with Gasteiger partial charge in [0.15, 0.2) is 0 Å². The first-order chi connectivity index (χ1) is 3.93. The van der Waals surface area contributed by atoms with E-state index in [1.54, 1.807) is 0 Å². The molecular formula is C8H5Na. The van der Waals surface area contributed by atoms with E-state index in [0.717, 1.165) is 5.56 Å². The summed E-state index contributed by atoms with van der Waals surface area (Å²) >= 11 is 0. The van der Waals surface area contributed by atoms with Gasteiger partial charge in [0.25, 0.3) is 0 Å². The number of hydrogen-bond donors (Lipinski definition) is 0. The second kappa shape index (κ2) is 4.64. The molecule has 0 saturated heterocycles. The predicted octanol–water partition coefficient (Wildman–Crippen LogP) is -1.37. The van der Waals surface area contributed by atoms with Gasteiger partial charge >= 0.3 is 29.6 Å². The van der Waals surface area contributed by atoms with Gasteiger partial charge in [0.05, 0.1) is 0 Å². The smallest absolute Gasteiger partial charge is 0.366 e. The van der Waals surface area contributed by atoms with Crippen molar-refractivity contribution in [2.24, 2.45) is 0 Å². The molecule has 0 bridgehead atoms. The van der Waals surface area contributed by atoms with E-state index in [0.29, 0.717) is 0 Å². The second-order valence-corrected chi connectivity index (χ2v) is 1.49. The average molecular weight is 124 g/mol. The Labute approximate surface area is 77.6 Å². The van der Waals surface area contributed by atoms with Crippen molar-refractivity contribution < 1.29 is 29.6 Å². The molecule has 0 atom stereocenters. The summed E-state index contributed by atoms with van der Waals surface area (Å²) in [5.41, 5.74) is 0.826. The summed E-state index contributed by atoms with van der Waals surface area (Å²) in [5.74, 6) is 2.28. The Morgan fingerprint density at radius 3 is 2.00 bits per heavy atom. The van der Waals surface area contributed by atoms with E-state index in [-0.39, 0.29) is 29.6 Å². The minimum Gasteiger partial charge on any atom is -0.366 e. The maximum Gasteiger partial charge on any atom is 1.00 e. The van der Waals surface area contributed by atoms with Gasteiger partial charge in [-0.3, -0.25) is 5.92 Å². The summed E-state index contributed by atoms with van der Waals surface area (Å²) in [4.78, 5) is 0. The van der Waals surface area contributed by atoms with Gasteiger partial charge in [-0.1, -0.05) is 18.2 Å². The molecule has 0 heterocycles. The van der Waals surface area contributed by atoms with Crippen LogP contribution in [0.4, 0.5) is 0 Å². The number of hydrogen-bond acceptors (Lipinski definition) is 0. The van der Waals surface area contributed by atoms with Crippen LogP contribution in [-0.2, 0) is 0 Å². The third-order valence-corrected chi connectivity index (χ3v) is 0.918. The molecule has 0 aliphatic rings. The SMILES string of the molecule is [C-]#Cc1ccccc1.[Na+]. The fraction of sp³-hybridized carbons (Fsp3) is 0. The molecule has 1 aromatic carbocycles. The van der Waals surface area contributed by atoms with E-state index in [2.05, 4.69) is 5.92 Å². The van der Waals surface area contributed by atoms with Crippen LogP contribution in [0.25, 0.3) is 0 Å². The van der Waals surface area contributed by atoms with Gasteiger partial charge in [0.2, 0.25) is 0 Å². The van der Waals surface area contributed by atoms with Crippen LogP contribution in [0.5, 0.6) is 0 Å². The molecule has 1 aromatic rings. The first-order valence-electron chi connectivity index (χ1n) is 2.41. The minimum atomic E-state index is 0. The number of benzene rings is 1. The molecule has 0 unspecified atom stereocenters. The van der Waals surface area contributed by atoms with Crippen LogP contribution < -0.4 is 29.6 Å². The fourth-order valence-electron chi connectivity index (χ4n) is 0.521. The molecule has 0 spiro atoms. The van der Waals surface area contributed by atoms with E-state index in [4.69, 9.17) is 6.42 Å². The fourth-order valence-corrected chi connectivity index (χ4v) is 0.521. The first-order valence-corrected chi connectivity index (χ1v) is 2.41. The molecule has 9 heavy (non-hydrogen) atoms. The molecule has 0 amide bonds. The summed E-state index contributed by atoms with van der Waals surface area (Å²) in [6.07, 6.45) is 6.69. The Morgan fingerprint density at radius 1 is 1.11 bits per heavy atom. The number of rotatable bonds is 0.